The van der Waals surface area contributed by atoms with Gasteiger partial charge in [-0.1, -0.05) is 62.4 Å². The molecule has 3 rings (SSSR count). The maximum absolute atomic E-state index is 13.0. The van der Waals surface area contributed by atoms with Gasteiger partial charge < -0.3 is 14.6 Å². The number of hydrogen-bond acceptors (Lipinski definition) is 4. The number of carbonyl (C=O) groups is 1. The van der Waals surface area contributed by atoms with Crippen LogP contribution in [-0.2, 0) is 16.1 Å². The number of aromatic nitrogens is 1. The zero-order valence-electron chi connectivity index (χ0n) is 19.2. The highest BCUT2D eigenvalue weighted by Gasteiger charge is 2.23. The summed E-state index contributed by atoms with van der Waals surface area (Å²) in [4.78, 5) is 27.7. The highest BCUT2D eigenvalue weighted by molar-refractivity contribution is 5.95. The normalized spacial score (nSPS) is 12.2. The zero-order valence-corrected chi connectivity index (χ0v) is 19.2. The quantitative estimate of drug-likeness (QED) is 0.367. The van der Waals surface area contributed by atoms with Gasteiger partial charge in [-0.05, 0) is 43.5 Å². The average molecular weight is 436 g/mol. The Kier molecular flexibility index (Phi) is 8.59. The Bertz CT molecular complexity index is 1070. The van der Waals surface area contributed by atoms with Gasteiger partial charge in [0, 0.05) is 36.8 Å². The molecule has 1 amide bonds. The van der Waals surface area contributed by atoms with Gasteiger partial charge in [0.1, 0.15) is 0 Å². The number of rotatable bonds is 11. The SMILES string of the molecule is CCOC(C(=O)NCCCn1cc(-c2ccccc2)c2ccccc2c1=O)N(CC)CC. The van der Waals surface area contributed by atoms with Gasteiger partial charge in [0.25, 0.3) is 11.5 Å². The van der Waals surface area contributed by atoms with Crippen molar-refractivity contribution in [3.05, 3.63) is 71.1 Å². The van der Waals surface area contributed by atoms with E-state index in [-0.39, 0.29) is 11.5 Å². The molecule has 0 radical (unpaired) electrons. The monoisotopic (exact) mass is 435 g/mol. The van der Waals surface area contributed by atoms with Crippen LogP contribution in [-0.4, -0.2) is 47.8 Å². The third-order valence-corrected chi connectivity index (χ3v) is 5.65. The fourth-order valence-corrected chi connectivity index (χ4v) is 3.97. The summed E-state index contributed by atoms with van der Waals surface area (Å²) in [5.74, 6) is -0.133. The minimum Gasteiger partial charge on any atom is -0.354 e. The Morgan fingerprint density at radius 3 is 2.31 bits per heavy atom. The molecule has 0 saturated heterocycles. The topological polar surface area (TPSA) is 63.6 Å². The largest absolute Gasteiger partial charge is 0.354 e. The van der Waals surface area contributed by atoms with E-state index in [1.165, 1.54) is 0 Å². The second-order valence-electron chi connectivity index (χ2n) is 7.63. The van der Waals surface area contributed by atoms with Crippen molar-refractivity contribution in [1.29, 1.82) is 0 Å². The van der Waals surface area contributed by atoms with E-state index in [0.717, 1.165) is 29.6 Å². The van der Waals surface area contributed by atoms with Crippen LogP contribution in [0.5, 0.6) is 0 Å². The third-order valence-electron chi connectivity index (χ3n) is 5.65. The summed E-state index contributed by atoms with van der Waals surface area (Å²) in [6.45, 7) is 8.87. The molecule has 6 nitrogen and oxygen atoms in total. The summed E-state index contributed by atoms with van der Waals surface area (Å²) in [6.07, 6.45) is 2.00. The van der Waals surface area contributed by atoms with Crippen molar-refractivity contribution >= 4 is 16.7 Å². The molecule has 0 aliphatic heterocycles. The molecule has 1 atom stereocenters. The highest BCUT2D eigenvalue weighted by Crippen LogP contribution is 2.26. The summed E-state index contributed by atoms with van der Waals surface area (Å²) >= 11 is 0. The Labute approximate surface area is 189 Å². The van der Waals surface area contributed by atoms with E-state index in [4.69, 9.17) is 4.74 Å². The predicted molar refractivity (Wildman–Crippen MR) is 130 cm³/mol. The van der Waals surface area contributed by atoms with Crippen LogP contribution in [0.1, 0.15) is 27.2 Å². The molecule has 32 heavy (non-hydrogen) atoms. The fraction of sp³-hybridized carbons (Fsp3) is 0.385. The summed E-state index contributed by atoms with van der Waals surface area (Å²) < 4.78 is 7.40. The van der Waals surface area contributed by atoms with Crippen LogP contribution in [0, 0.1) is 0 Å². The number of pyridine rings is 1. The highest BCUT2D eigenvalue weighted by atomic mass is 16.5. The predicted octanol–water partition coefficient (Wildman–Crippen LogP) is 3.88. The van der Waals surface area contributed by atoms with Crippen molar-refractivity contribution in [1.82, 2.24) is 14.8 Å². The van der Waals surface area contributed by atoms with Gasteiger partial charge in [0.2, 0.25) is 0 Å². The second-order valence-corrected chi connectivity index (χ2v) is 7.63. The molecule has 170 valence electrons. The average Bonchev–Trinajstić information content (AvgIpc) is 2.83. The van der Waals surface area contributed by atoms with E-state index in [2.05, 4.69) is 17.4 Å². The fourth-order valence-electron chi connectivity index (χ4n) is 3.97. The molecular formula is C26H33N3O3. The van der Waals surface area contributed by atoms with Gasteiger partial charge in [0.15, 0.2) is 6.23 Å². The summed E-state index contributed by atoms with van der Waals surface area (Å²) in [5, 5.41) is 4.62. The molecule has 0 spiro atoms. The molecule has 1 heterocycles. The first kappa shape index (κ1) is 23.7. The van der Waals surface area contributed by atoms with Gasteiger partial charge in [0.05, 0.1) is 0 Å². The lowest BCUT2D eigenvalue weighted by atomic mass is 10.0. The van der Waals surface area contributed by atoms with E-state index in [9.17, 15) is 9.59 Å². The van der Waals surface area contributed by atoms with Crippen molar-refractivity contribution in [2.45, 2.75) is 40.0 Å². The molecule has 1 N–H and O–H groups in total. The molecule has 0 saturated carbocycles. The molecule has 2 aromatic carbocycles. The van der Waals surface area contributed by atoms with E-state index < -0.39 is 6.23 Å². The minimum absolute atomic E-state index is 0.0121. The van der Waals surface area contributed by atoms with E-state index in [1.54, 1.807) is 4.57 Å². The van der Waals surface area contributed by atoms with Crippen molar-refractivity contribution in [2.24, 2.45) is 0 Å². The van der Waals surface area contributed by atoms with Crippen molar-refractivity contribution < 1.29 is 9.53 Å². The Morgan fingerprint density at radius 2 is 1.66 bits per heavy atom. The number of nitrogens with one attached hydrogen (secondary N) is 1. The number of nitrogens with zero attached hydrogens (tertiary/aromatic N) is 2. The molecule has 1 unspecified atom stereocenters. The third kappa shape index (κ3) is 5.44. The molecule has 3 aromatic rings. The standard InChI is InChI=1S/C26H33N3O3/c1-4-28(5-2)26(32-6-3)24(30)27-17-12-18-29-19-23(20-13-8-7-9-14-20)21-15-10-11-16-22(21)25(29)31/h7-11,13-16,19,26H,4-6,12,17-18H2,1-3H3,(H,27,30). The van der Waals surface area contributed by atoms with Gasteiger partial charge >= 0.3 is 0 Å². The lowest BCUT2D eigenvalue weighted by molar-refractivity contribution is -0.145. The second kappa shape index (κ2) is 11.6. The Hall–Kier alpha value is -2.96. The lowest BCUT2D eigenvalue weighted by Crippen LogP contribution is -2.48. The molecule has 6 heteroatoms. The lowest BCUT2D eigenvalue weighted by Gasteiger charge is -2.28. The number of aryl methyl sites for hydroxylation is 1. The first-order valence-corrected chi connectivity index (χ1v) is 11.4. The van der Waals surface area contributed by atoms with Crippen LogP contribution in [0.25, 0.3) is 21.9 Å². The maximum Gasteiger partial charge on any atom is 0.264 e. The van der Waals surface area contributed by atoms with Crippen LogP contribution in [0.15, 0.2) is 65.6 Å². The van der Waals surface area contributed by atoms with Crippen LogP contribution >= 0.6 is 0 Å². The number of hydrogen-bond donors (Lipinski definition) is 1. The van der Waals surface area contributed by atoms with Crippen molar-refractivity contribution in [2.75, 3.05) is 26.2 Å². The first-order chi connectivity index (χ1) is 15.6. The van der Waals surface area contributed by atoms with Crippen molar-refractivity contribution in [3.63, 3.8) is 0 Å². The Balaban J connectivity index is 1.74. The molecule has 0 bridgehead atoms. The van der Waals surface area contributed by atoms with E-state index >= 15 is 0 Å². The Morgan fingerprint density at radius 1 is 1.00 bits per heavy atom. The molecular weight excluding hydrogens is 402 g/mol. The summed E-state index contributed by atoms with van der Waals surface area (Å²) in [7, 11) is 0. The van der Waals surface area contributed by atoms with Crippen LogP contribution in [0.4, 0.5) is 0 Å². The zero-order chi connectivity index (χ0) is 22.9. The van der Waals surface area contributed by atoms with Crippen LogP contribution in [0.2, 0.25) is 0 Å². The van der Waals surface area contributed by atoms with Gasteiger partial charge in [-0.25, -0.2) is 0 Å². The number of amides is 1. The number of fused-ring (bicyclic) bond motifs is 1. The summed E-state index contributed by atoms with van der Waals surface area (Å²) in [5.41, 5.74) is 2.09. The molecule has 0 fully saturated rings. The van der Waals surface area contributed by atoms with E-state index in [0.29, 0.717) is 31.5 Å². The number of carbonyl (C=O) groups excluding carboxylic acids is 1. The maximum atomic E-state index is 13.0. The van der Waals surface area contributed by atoms with Crippen LogP contribution < -0.4 is 10.9 Å². The number of benzene rings is 2. The smallest absolute Gasteiger partial charge is 0.264 e. The number of likely N-dealkylation sites (N-methyl/N-ethyl adjacent to an activating group) is 1. The molecule has 1 aromatic heterocycles. The first-order valence-electron chi connectivity index (χ1n) is 11.4. The number of ether oxygens (including phenoxy) is 1. The summed E-state index contributed by atoms with van der Waals surface area (Å²) in [6, 6.07) is 17.8. The molecule has 0 aliphatic carbocycles. The van der Waals surface area contributed by atoms with E-state index in [1.807, 2.05) is 74.3 Å². The minimum atomic E-state index is -0.580. The molecule has 0 aliphatic rings. The van der Waals surface area contributed by atoms with Crippen LogP contribution in [0.3, 0.4) is 0 Å². The van der Waals surface area contributed by atoms with Crippen molar-refractivity contribution in [3.8, 4) is 11.1 Å². The van der Waals surface area contributed by atoms with Gasteiger partial charge in [-0.15, -0.1) is 0 Å². The van der Waals surface area contributed by atoms with Gasteiger partial charge in [-0.2, -0.15) is 0 Å². The van der Waals surface area contributed by atoms with Gasteiger partial charge in [-0.3, -0.25) is 14.5 Å².